The minimum atomic E-state index is -0.00168. The summed E-state index contributed by atoms with van der Waals surface area (Å²) in [4.78, 5) is 13.8. The Hall–Kier alpha value is -2.75. The zero-order chi connectivity index (χ0) is 15.8. The van der Waals surface area contributed by atoms with Crippen molar-refractivity contribution in [2.75, 3.05) is 30.4 Å². The standard InChI is InChI=1S/C18H20N2O2/c1-3-13-22-17-11-9-15(10-12-17)19-14-18(21)20(2)16-7-5-4-6-8-16/h3-12,19H,1,13-14H2,2H3. The fourth-order valence-electron chi connectivity index (χ4n) is 1.92. The molecule has 2 aromatic carbocycles. The molecule has 4 nitrogen and oxygen atoms in total. The van der Waals surface area contributed by atoms with Crippen LogP contribution in [0.2, 0.25) is 0 Å². The lowest BCUT2D eigenvalue weighted by Crippen LogP contribution is -2.32. The highest BCUT2D eigenvalue weighted by atomic mass is 16.5. The summed E-state index contributed by atoms with van der Waals surface area (Å²) in [7, 11) is 1.77. The van der Waals surface area contributed by atoms with E-state index in [0.717, 1.165) is 17.1 Å². The number of benzene rings is 2. The molecule has 0 unspecified atom stereocenters. The van der Waals surface area contributed by atoms with Gasteiger partial charge in [0.1, 0.15) is 12.4 Å². The summed E-state index contributed by atoms with van der Waals surface area (Å²) in [6.07, 6.45) is 1.70. The smallest absolute Gasteiger partial charge is 0.246 e. The highest BCUT2D eigenvalue weighted by molar-refractivity contribution is 5.95. The van der Waals surface area contributed by atoms with Crippen molar-refractivity contribution in [2.45, 2.75) is 0 Å². The topological polar surface area (TPSA) is 41.6 Å². The first-order valence-electron chi connectivity index (χ1n) is 7.10. The Morgan fingerprint density at radius 3 is 2.50 bits per heavy atom. The predicted octanol–water partition coefficient (Wildman–Crippen LogP) is 3.33. The molecule has 0 saturated carbocycles. The molecule has 0 bridgehead atoms. The quantitative estimate of drug-likeness (QED) is 0.797. The van der Waals surface area contributed by atoms with Crippen molar-refractivity contribution in [3.05, 3.63) is 67.3 Å². The number of likely N-dealkylation sites (N-methyl/N-ethyl adjacent to an activating group) is 1. The number of amides is 1. The number of nitrogens with zero attached hydrogens (tertiary/aromatic N) is 1. The minimum Gasteiger partial charge on any atom is -0.490 e. The number of nitrogens with one attached hydrogen (secondary N) is 1. The van der Waals surface area contributed by atoms with Crippen molar-refractivity contribution in [2.24, 2.45) is 0 Å². The monoisotopic (exact) mass is 296 g/mol. The fraction of sp³-hybridized carbons (Fsp3) is 0.167. The molecule has 0 radical (unpaired) electrons. The van der Waals surface area contributed by atoms with E-state index in [9.17, 15) is 4.79 Å². The summed E-state index contributed by atoms with van der Waals surface area (Å²) < 4.78 is 5.41. The summed E-state index contributed by atoms with van der Waals surface area (Å²) in [5.74, 6) is 0.774. The predicted molar refractivity (Wildman–Crippen MR) is 90.5 cm³/mol. The van der Waals surface area contributed by atoms with Gasteiger partial charge in [-0.3, -0.25) is 4.79 Å². The van der Waals surface area contributed by atoms with Crippen LogP contribution >= 0.6 is 0 Å². The van der Waals surface area contributed by atoms with Gasteiger partial charge in [-0.05, 0) is 36.4 Å². The second-order valence-corrected chi connectivity index (χ2v) is 4.77. The number of hydrogen-bond acceptors (Lipinski definition) is 3. The minimum absolute atomic E-state index is 0.00168. The molecule has 0 aromatic heterocycles. The zero-order valence-electron chi connectivity index (χ0n) is 12.7. The molecule has 0 aliphatic heterocycles. The second-order valence-electron chi connectivity index (χ2n) is 4.77. The highest BCUT2D eigenvalue weighted by Crippen LogP contribution is 2.16. The number of hydrogen-bond donors (Lipinski definition) is 1. The summed E-state index contributed by atoms with van der Waals surface area (Å²) in [6.45, 7) is 4.32. The zero-order valence-corrected chi connectivity index (χ0v) is 12.7. The molecular formula is C18H20N2O2. The molecule has 1 N–H and O–H groups in total. The Morgan fingerprint density at radius 1 is 1.18 bits per heavy atom. The van der Waals surface area contributed by atoms with Crippen LogP contribution in [0.4, 0.5) is 11.4 Å². The first kappa shape index (κ1) is 15.6. The molecule has 4 heteroatoms. The third-order valence-electron chi connectivity index (χ3n) is 3.18. The van der Waals surface area contributed by atoms with Gasteiger partial charge in [0.15, 0.2) is 0 Å². The maximum atomic E-state index is 12.2. The lowest BCUT2D eigenvalue weighted by atomic mass is 10.3. The average Bonchev–Trinajstić information content (AvgIpc) is 2.58. The Balaban J connectivity index is 1.87. The molecule has 2 aromatic rings. The summed E-state index contributed by atoms with van der Waals surface area (Å²) >= 11 is 0. The molecule has 0 spiro atoms. The lowest BCUT2D eigenvalue weighted by Gasteiger charge is -2.18. The van der Waals surface area contributed by atoms with Gasteiger partial charge in [-0.15, -0.1) is 0 Å². The van der Waals surface area contributed by atoms with Gasteiger partial charge in [-0.25, -0.2) is 0 Å². The summed E-state index contributed by atoms with van der Waals surface area (Å²) in [5, 5.41) is 3.11. The Morgan fingerprint density at radius 2 is 1.86 bits per heavy atom. The lowest BCUT2D eigenvalue weighted by molar-refractivity contribution is -0.116. The van der Waals surface area contributed by atoms with Gasteiger partial charge in [0.05, 0.1) is 6.54 Å². The van der Waals surface area contributed by atoms with E-state index < -0.39 is 0 Å². The van der Waals surface area contributed by atoms with E-state index in [-0.39, 0.29) is 12.5 Å². The molecule has 0 saturated heterocycles. The van der Waals surface area contributed by atoms with Crippen LogP contribution in [0.3, 0.4) is 0 Å². The molecule has 114 valence electrons. The first-order valence-corrected chi connectivity index (χ1v) is 7.10. The van der Waals surface area contributed by atoms with Gasteiger partial charge in [0.2, 0.25) is 5.91 Å². The van der Waals surface area contributed by atoms with E-state index >= 15 is 0 Å². The van der Waals surface area contributed by atoms with Gasteiger partial charge in [-0.2, -0.15) is 0 Å². The molecular weight excluding hydrogens is 276 g/mol. The number of rotatable bonds is 7. The number of carbonyl (C=O) groups is 1. The second kappa shape index (κ2) is 7.88. The van der Waals surface area contributed by atoms with Gasteiger partial charge in [-0.1, -0.05) is 30.9 Å². The van der Waals surface area contributed by atoms with Crippen LogP contribution in [0.1, 0.15) is 0 Å². The molecule has 1 amide bonds. The van der Waals surface area contributed by atoms with Crippen molar-refractivity contribution < 1.29 is 9.53 Å². The fourth-order valence-corrected chi connectivity index (χ4v) is 1.92. The van der Waals surface area contributed by atoms with Crippen molar-refractivity contribution in [1.82, 2.24) is 0 Å². The molecule has 0 fully saturated rings. The average molecular weight is 296 g/mol. The van der Waals surface area contributed by atoms with Crippen molar-refractivity contribution in [3.63, 3.8) is 0 Å². The van der Waals surface area contributed by atoms with Crippen LogP contribution in [0.15, 0.2) is 67.3 Å². The molecule has 2 rings (SSSR count). The molecule has 22 heavy (non-hydrogen) atoms. The molecule has 0 aliphatic rings. The van der Waals surface area contributed by atoms with E-state index in [1.165, 1.54) is 0 Å². The molecule has 0 aliphatic carbocycles. The van der Waals surface area contributed by atoms with Crippen LogP contribution in [0, 0.1) is 0 Å². The molecule has 0 atom stereocenters. The SMILES string of the molecule is C=CCOc1ccc(NCC(=O)N(C)c2ccccc2)cc1. The number of anilines is 2. The number of carbonyl (C=O) groups excluding carboxylic acids is 1. The first-order chi connectivity index (χ1) is 10.7. The third-order valence-corrected chi connectivity index (χ3v) is 3.18. The van der Waals surface area contributed by atoms with Crippen LogP contribution in [-0.2, 0) is 4.79 Å². The normalized spacial score (nSPS) is 9.86. The maximum Gasteiger partial charge on any atom is 0.246 e. The van der Waals surface area contributed by atoms with E-state index in [4.69, 9.17) is 4.74 Å². The van der Waals surface area contributed by atoms with Gasteiger partial charge in [0.25, 0.3) is 0 Å². The van der Waals surface area contributed by atoms with E-state index in [1.807, 2.05) is 54.6 Å². The van der Waals surface area contributed by atoms with E-state index in [0.29, 0.717) is 6.61 Å². The van der Waals surface area contributed by atoms with Crippen molar-refractivity contribution in [3.8, 4) is 5.75 Å². The summed E-state index contributed by atoms with van der Waals surface area (Å²) in [5.41, 5.74) is 1.75. The van der Waals surface area contributed by atoms with Crippen molar-refractivity contribution >= 4 is 17.3 Å². The van der Waals surface area contributed by atoms with Crippen LogP contribution in [0.25, 0.3) is 0 Å². The largest absolute Gasteiger partial charge is 0.490 e. The molecule has 0 heterocycles. The van der Waals surface area contributed by atoms with Crippen LogP contribution in [0.5, 0.6) is 5.75 Å². The third kappa shape index (κ3) is 4.38. The van der Waals surface area contributed by atoms with Crippen LogP contribution < -0.4 is 15.0 Å². The van der Waals surface area contributed by atoms with Crippen LogP contribution in [-0.4, -0.2) is 26.1 Å². The van der Waals surface area contributed by atoms with Gasteiger partial charge < -0.3 is 15.0 Å². The number of ether oxygens (including phenoxy) is 1. The maximum absolute atomic E-state index is 12.2. The summed E-state index contributed by atoms with van der Waals surface area (Å²) in [6, 6.07) is 17.0. The van der Waals surface area contributed by atoms with Crippen molar-refractivity contribution in [1.29, 1.82) is 0 Å². The van der Waals surface area contributed by atoms with Gasteiger partial charge >= 0.3 is 0 Å². The Labute approximate surface area is 131 Å². The van der Waals surface area contributed by atoms with Gasteiger partial charge in [0, 0.05) is 18.4 Å². The Kier molecular flexibility index (Phi) is 5.60. The number of para-hydroxylation sites is 1. The van der Waals surface area contributed by atoms with E-state index in [2.05, 4.69) is 11.9 Å². The highest BCUT2D eigenvalue weighted by Gasteiger charge is 2.09. The van der Waals surface area contributed by atoms with E-state index in [1.54, 1.807) is 18.0 Å². The Bertz CT molecular complexity index is 609.